The molecule has 9 nitrogen and oxygen atoms in total. The van der Waals surface area contributed by atoms with E-state index in [9.17, 15) is 14.4 Å². The quantitative estimate of drug-likeness (QED) is 0.671. The maximum Gasteiger partial charge on any atom is 0.257 e. The van der Waals surface area contributed by atoms with Crippen molar-refractivity contribution in [3.63, 3.8) is 0 Å². The molecule has 0 bridgehead atoms. The molecule has 30 heavy (non-hydrogen) atoms. The van der Waals surface area contributed by atoms with Crippen molar-refractivity contribution in [1.82, 2.24) is 10.2 Å². The molecule has 2 aliphatic rings. The highest BCUT2D eigenvalue weighted by molar-refractivity contribution is 5.99. The minimum absolute atomic E-state index is 0.0810. The summed E-state index contributed by atoms with van der Waals surface area (Å²) in [5.74, 6) is -0.0307. The van der Waals surface area contributed by atoms with Gasteiger partial charge in [0, 0.05) is 33.3 Å². The summed E-state index contributed by atoms with van der Waals surface area (Å²) in [7, 11) is 3.34. The number of fused-ring (bicyclic) bond motifs is 2. The van der Waals surface area contributed by atoms with Crippen molar-refractivity contribution in [3.05, 3.63) is 23.8 Å². The number of carbonyl (C=O) groups excluding carboxylic acids is 3. The number of nitrogens with one attached hydrogen (secondary N) is 2. The van der Waals surface area contributed by atoms with E-state index in [0.717, 1.165) is 0 Å². The standard InChI is InChI=1S/C21H29N3O6/c1-13(25)23-14-4-7-18-16(10-14)21(27)24(2)17-6-5-15(30-19(17)12-29-18)11-20(26)22-8-9-28-3/h4,7,10,15,17,19H,5-6,8-9,11-12H2,1-3H3,(H,22,26)(H,23,25)/t15-,17+,19-/m1/s1. The van der Waals surface area contributed by atoms with Crippen molar-refractivity contribution in [1.29, 1.82) is 0 Å². The van der Waals surface area contributed by atoms with Gasteiger partial charge in [-0.05, 0) is 31.0 Å². The highest BCUT2D eigenvalue weighted by atomic mass is 16.5. The van der Waals surface area contributed by atoms with Gasteiger partial charge in [-0.15, -0.1) is 0 Å². The molecule has 3 amide bonds. The zero-order valence-electron chi connectivity index (χ0n) is 17.6. The lowest BCUT2D eigenvalue weighted by Gasteiger charge is -2.42. The summed E-state index contributed by atoms with van der Waals surface area (Å²) in [5, 5.41) is 5.49. The van der Waals surface area contributed by atoms with Crippen LogP contribution in [0.15, 0.2) is 18.2 Å². The molecule has 1 aromatic carbocycles. The second kappa shape index (κ2) is 9.90. The SMILES string of the molecule is COCCNC(=O)C[C@H]1CC[C@H]2[C@@H](COc3ccc(NC(C)=O)cc3C(=O)N2C)O1. The fraction of sp³-hybridized carbons (Fsp3) is 0.571. The van der Waals surface area contributed by atoms with Gasteiger partial charge in [0.2, 0.25) is 11.8 Å². The smallest absolute Gasteiger partial charge is 0.257 e. The molecule has 1 saturated heterocycles. The van der Waals surface area contributed by atoms with E-state index < -0.39 is 0 Å². The number of nitrogens with zero attached hydrogens (tertiary/aromatic N) is 1. The fourth-order valence-corrected chi connectivity index (χ4v) is 3.88. The average molecular weight is 419 g/mol. The highest BCUT2D eigenvalue weighted by Crippen LogP contribution is 2.32. The average Bonchev–Trinajstić information content (AvgIpc) is 2.71. The summed E-state index contributed by atoms with van der Waals surface area (Å²) >= 11 is 0. The topological polar surface area (TPSA) is 106 Å². The minimum Gasteiger partial charge on any atom is -0.490 e. The lowest BCUT2D eigenvalue weighted by molar-refractivity contribution is -0.134. The molecule has 3 atom stereocenters. The largest absolute Gasteiger partial charge is 0.490 e. The maximum absolute atomic E-state index is 13.1. The van der Waals surface area contributed by atoms with Gasteiger partial charge in [-0.25, -0.2) is 0 Å². The fourth-order valence-electron chi connectivity index (χ4n) is 3.88. The Hall–Kier alpha value is -2.65. The van der Waals surface area contributed by atoms with E-state index in [-0.39, 0.29) is 49.0 Å². The van der Waals surface area contributed by atoms with Gasteiger partial charge in [-0.3, -0.25) is 14.4 Å². The molecule has 0 radical (unpaired) electrons. The summed E-state index contributed by atoms with van der Waals surface area (Å²) in [6, 6.07) is 4.85. The molecule has 0 aliphatic carbocycles. The lowest BCUT2D eigenvalue weighted by atomic mass is 9.94. The maximum atomic E-state index is 13.1. The van der Waals surface area contributed by atoms with Gasteiger partial charge in [0.25, 0.3) is 5.91 Å². The molecular weight excluding hydrogens is 390 g/mol. The van der Waals surface area contributed by atoms with Crippen LogP contribution in [0.1, 0.15) is 36.5 Å². The van der Waals surface area contributed by atoms with Crippen molar-refractivity contribution in [3.8, 4) is 5.75 Å². The lowest BCUT2D eigenvalue weighted by Crippen LogP contribution is -2.54. The van der Waals surface area contributed by atoms with Gasteiger partial charge >= 0.3 is 0 Å². The number of methoxy groups -OCH3 is 1. The van der Waals surface area contributed by atoms with Crippen LogP contribution in [0.2, 0.25) is 0 Å². The van der Waals surface area contributed by atoms with Crippen LogP contribution in [0.3, 0.4) is 0 Å². The third kappa shape index (κ3) is 5.28. The first-order valence-corrected chi connectivity index (χ1v) is 10.1. The van der Waals surface area contributed by atoms with E-state index in [1.165, 1.54) is 6.92 Å². The first-order valence-electron chi connectivity index (χ1n) is 10.1. The second-order valence-electron chi connectivity index (χ2n) is 7.61. The number of likely N-dealkylation sites (N-methyl/N-ethyl adjacent to an activating group) is 1. The number of hydrogen-bond donors (Lipinski definition) is 2. The van der Waals surface area contributed by atoms with Gasteiger partial charge in [-0.2, -0.15) is 0 Å². The molecule has 0 spiro atoms. The van der Waals surface area contributed by atoms with Crippen LogP contribution < -0.4 is 15.4 Å². The summed E-state index contributed by atoms with van der Waals surface area (Å²) in [5.41, 5.74) is 0.949. The molecule has 2 aliphatic heterocycles. The third-order valence-electron chi connectivity index (χ3n) is 5.37. The third-order valence-corrected chi connectivity index (χ3v) is 5.37. The Morgan fingerprint density at radius 2 is 2.10 bits per heavy atom. The van der Waals surface area contributed by atoms with E-state index >= 15 is 0 Å². The molecular formula is C21H29N3O6. The van der Waals surface area contributed by atoms with Crippen molar-refractivity contribution < 1.29 is 28.6 Å². The minimum atomic E-state index is -0.326. The van der Waals surface area contributed by atoms with Crippen LogP contribution >= 0.6 is 0 Å². The number of carbonyl (C=O) groups is 3. The zero-order valence-corrected chi connectivity index (χ0v) is 17.6. The summed E-state index contributed by atoms with van der Waals surface area (Å²) < 4.78 is 17.0. The Kier molecular flexibility index (Phi) is 7.28. The molecule has 0 aromatic heterocycles. The number of amides is 3. The van der Waals surface area contributed by atoms with Crippen molar-refractivity contribution in [2.45, 2.75) is 44.4 Å². The van der Waals surface area contributed by atoms with Gasteiger partial charge in [0.1, 0.15) is 18.5 Å². The molecule has 2 heterocycles. The summed E-state index contributed by atoms with van der Waals surface area (Å²) in [6.45, 7) is 2.62. The number of anilines is 1. The number of hydrogen-bond acceptors (Lipinski definition) is 6. The van der Waals surface area contributed by atoms with Gasteiger partial charge in [-0.1, -0.05) is 0 Å². The molecule has 1 fully saturated rings. The second-order valence-corrected chi connectivity index (χ2v) is 7.61. The number of rotatable bonds is 6. The van der Waals surface area contributed by atoms with E-state index in [2.05, 4.69) is 10.6 Å². The van der Waals surface area contributed by atoms with Crippen LogP contribution in [0.4, 0.5) is 5.69 Å². The molecule has 1 aromatic rings. The van der Waals surface area contributed by atoms with Crippen LogP contribution in [-0.4, -0.2) is 74.8 Å². The Labute approximate surface area is 176 Å². The Morgan fingerprint density at radius 1 is 1.30 bits per heavy atom. The van der Waals surface area contributed by atoms with E-state index in [1.54, 1.807) is 37.3 Å². The van der Waals surface area contributed by atoms with Crippen LogP contribution in [-0.2, 0) is 19.1 Å². The van der Waals surface area contributed by atoms with Gasteiger partial charge in [0.15, 0.2) is 0 Å². The van der Waals surface area contributed by atoms with Crippen LogP contribution in [0.5, 0.6) is 5.75 Å². The first-order chi connectivity index (χ1) is 14.4. The summed E-state index contributed by atoms with van der Waals surface area (Å²) in [6.07, 6.45) is 1.11. The van der Waals surface area contributed by atoms with E-state index in [4.69, 9.17) is 14.2 Å². The van der Waals surface area contributed by atoms with E-state index in [0.29, 0.717) is 43.0 Å². The predicted molar refractivity (Wildman–Crippen MR) is 110 cm³/mol. The Balaban J connectivity index is 1.69. The van der Waals surface area contributed by atoms with Crippen molar-refractivity contribution in [2.24, 2.45) is 0 Å². The Bertz CT molecular complexity index is 799. The van der Waals surface area contributed by atoms with Crippen molar-refractivity contribution >= 4 is 23.4 Å². The van der Waals surface area contributed by atoms with Crippen LogP contribution in [0.25, 0.3) is 0 Å². The van der Waals surface area contributed by atoms with E-state index in [1.807, 2.05) is 0 Å². The molecule has 0 saturated carbocycles. The monoisotopic (exact) mass is 419 g/mol. The molecule has 9 heteroatoms. The van der Waals surface area contributed by atoms with Crippen molar-refractivity contribution in [2.75, 3.05) is 39.2 Å². The molecule has 2 N–H and O–H groups in total. The molecule has 3 rings (SSSR count). The first kappa shape index (κ1) is 22.0. The molecule has 164 valence electrons. The normalized spacial score (nSPS) is 23.4. The predicted octanol–water partition coefficient (Wildman–Crippen LogP) is 1.18. The van der Waals surface area contributed by atoms with Crippen LogP contribution in [0, 0.1) is 0 Å². The number of benzene rings is 1. The Morgan fingerprint density at radius 3 is 2.83 bits per heavy atom. The number of ether oxygens (including phenoxy) is 3. The highest BCUT2D eigenvalue weighted by Gasteiger charge is 2.39. The molecule has 0 unspecified atom stereocenters. The van der Waals surface area contributed by atoms with Gasteiger partial charge < -0.3 is 29.7 Å². The summed E-state index contributed by atoms with van der Waals surface area (Å²) in [4.78, 5) is 38.2. The zero-order chi connectivity index (χ0) is 21.7. The van der Waals surface area contributed by atoms with Gasteiger partial charge in [0.05, 0.1) is 30.7 Å².